The van der Waals surface area contributed by atoms with Crippen LogP contribution in [-0.4, -0.2) is 29.8 Å². The lowest BCUT2D eigenvalue weighted by molar-refractivity contribution is 0.235. The van der Waals surface area contributed by atoms with Gasteiger partial charge in [0.15, 0.2) is 0 Å². The summed E-state index contributed by atoms with van der Waals surface area (Å²) in [6.07, 6.45) is 0.860. The number of aliphatic hydroxyl groups excluding tert-OH is 1. The third kappa shape index (κ3) is 1.69. The Balaban J connectivity index is 2.12. The van der Waals surface area contributed by atoms with Crippen LogP contribution in [0.25, 0.3) is 10.9 Å². The molecule has 0 fully saturated rings. The molecule has 4 heteroatoms. The van der Waals surface area contributed by atoms with Gasteiger partial charge in [0.25, 0.3) is 0 Å². The van der Waals surface area contributed by atoms with E-state index >= 15 is 0 Å². The normalized spacial score (nSPS) is 19.3. The largest absolute Gasteiger partial charge is 0.497 e. The first-order valence-electron chi connectivity index (χ1n) is 5.83. The van der Waals surface area contributed by atoms with Crippen molar-refractivity contribution in [3.05, 3.63) is 29.5 Å². The van der Waals surface area contributed by atoms with Crippen LogP contribution in [0, 0.1) is 0 Å². The first-order valence-corrected chi connectivity index (χ1v) is 5.83. The van der Waals surface area contributed by atoms with E-state index < -0.39 is 0 Å². The Kier molecular flexibility index (Phi) is 2.53. The summed E-state index contributed by atoms with van der Waals surface area (Å²) < 4.78 is 5.26. The maximum Gasteiger partial charge on any atom is 0.119 e. The SMILES string of the molecule is COc1ccc2[nH]c3c(c2c1)CC(CO)NC3. The van der Waals surface area contributed by atoms with Gasteiger partial charge in [-0.1, -0.05) is 0 Å². The summed E-state index contributed by atoms with van der Waals surface area (Å²) >= 11 is 0. The summed E-state index contributed by atoms with van der Waals surface area (Å²) in [5, 5.41) is 13.7. The van der Waals surface area contributed by atoms with Crippen molar-refractivity contribution in [2.24, 2.45) is 0 Å². The number of fused-ring (bicyclic) bond motifs is 3. The molecule has 1 aliphatic rings. The van der Waals surface area contributed by atoms with Crippen LogP contribution in [0.1, 0.15) is 11.3 Å². The smallest absolute Gasteiger partial charge is 0.119 e. The van der Waals surface area contributed by atoms with Gasteiger partial charge in [-0.25, -0.2) is 0 Å². The van der Waals surface area contributed by atoms with E-state index in [-0.39, 0.29) is 12.6 Å². The summed E-state index contributed by atoms with van der Waals surface area (Å²) in [7, 11) is 1.68. The van der Waals surface area contributed by atoms with Crippen molar-refractivity contribution < 1.29 is 9.84 Å². The minimum atomic E-state index is 0.160. The van der Waals surface area contributed by atoms with E-state index in [0.29, 0.717) is 0 Å². The fourth-order valence-electron chi connectivity index (χ4n) is 2.49. The number of H-pyrrole nitrogens is 1. The number of aromatic amines is 1. The first kappa shape index (κ1) is 10.6. The maximum atomic E-state index is 9.23. The zero-order chi connectivity index (χ0) is 11.8. The number of nitrogens with one attached hydrogen (secondary N) is 2. The Morgan fingerprint density at radius 3 is 3.12 bits per heavy atom. The molecule has 2 aromatic rings. The highest BCUT2D eigenvalue weighted by Gasteiger charge is 2.21. The average molecular weight is 232 g/mol. The van der Waals surface area contributed by atoms with Gasteiger partial charge >= 0.3 is 0 Å². The molecule has 0 saturated carbocycles. The third-order valence-electron chi connectivity index (χ3n) is 3.44. The van der Waals surface area contributed by atoms with Crippen molar-refractivity contribution in [3.63, 3.8) is 0 Å². The Labute approximate surface area is 99.6 Å². The van der Waals surface area contributed by atoms with Gasteiger partial charge in [-0.15, -0.1) is 0 Å². The molecule has 0 saturated heterocycles. The quantitative estimate of drug-likeness (QED) is 0.729. The van der Waals surface area contributed by atoms with Crippen LogP contribution < -0.4 is 10.1 Å². The van der Waals surface area contributed by atoms with Crippen molar-refractivity contribution >= 4 is 10.9 Å². The van der Waals surface area contributed by atoms with Crippen LogP contribution in [0.5, 0.6) is 5.75 Å². The maximum absolute atomic E-state index is 9.23. The monoisotopic (exact) mass is 232 g/mol. The highest BCUT2D eigenvalue weighted by molar-refractivity contribution is 5.86. The summed E-state index contributed by atoms with van der Waals surface area (Å²) in [6.45, 7) is 0.966. The van der Waals surface area contributed by atoms with E-state index in [2.05, 4.69) is 16.4 Å². The number of hydrogen-bond donors (Lipinski definition) is 3. The van der Waals surface area contributed by atoms with Gasteiger partial charge in [-0.2, -0.15) is 0 Å². The van der Waals surface area contributed by atoms with Crippen LogP contribution in [0.15, 0.2) is 18.2 Å². The van der Waals surface area contributed by atoms with Gasteiger partial charge in [-0.3, -0.25) is 0 Å². The molecule has 0 spiro atoms. The summed E-state index contributed by atoms with van der Waals surface area (Å²) in [4.78, 5) is 3.41. The first-order chi connectivity index (χ1) is 8.31. The molecule has 0 radical (unpaired) electrons. The zero-order valence-corrected chi connectivity index (χ0v) is 9.79. The summed E-state index contributed by atoms with van der Waals surface area (Å²) in [5.41, 5.74) is 3.66. The average Bonchev–Trinajstić information content (AvgIpc) is 2.75. The molecule has 3 rings (SSSR count). The molecule has 0 amide bonds. The Morgan fingerprint density at radius 1 is 1.47 bits per heavy atom. The number of hydrogen-bond acceptors (Lipinski definition) is 3. The standard InChI is InChI=1S/C13H16N2O2/c1-17-9-2-3-12-11(5-9)10-4-8(7-16)14-6-13(10)15-12/h2-3,5,8,14-16H,4,6-7H2,1H3. The lowest BCUT2D eigenvalue weighted by Gasteiger charge is -2.22. The number of methoxy groups -OCH3 is 1. The van der Waals surface area contributed by atoms with Crippen molar-refractivity contribution in [1.29, 1.82) is 0 Å². The summed E-state index contributed by atoms with van der Waals surface area (Å²) in [5.74, 6) is 0.874. The molecule has 1 unspecified atom stereocenters. The third-order valence-corrected chi connectivity index (χ3v) is 3.44. The van der Waals surface area contributed by atoms with Gasteiger partial charge in [-0.05, 0) is 30.2 Å². The van der Waals surface area contributed by atoms with Crippen LogP contribution in [0.4, 0.5) is 0 Å². The molecule has 1 aromatic carbocycles. The molecule has 1 aromatic heterocycles. The summed E-state index contributed by atoms with van der Waals surface area (Å²) in [6, 6.07) is 6.22. The highest BCUT2D eigenvalue weighted by atomic mass is 16.5. The Bertz CT molecular complexity index is 548. The fraction of sp³-hybridized carbons (Fsp3) is 0.385. The number of aliphatic hydroxyl groups is 1. The van der Waals surface area contributed by atoms with Gasteiger partial charge in [0.05, 0.1) is 13.7 Å². The van der Waals surface area contributed by atoms with Crippen molar-refractivity contribution in [2.45, 2.75) is 19.0 Å². The number of aromatic nitrogens is 1. The second-order valence-electron chi connectivity index (χ2n) is 4.46. The number of rotatable bonds is 2. The predicted molar refractivity (Wildman–Crippen MR) is 66.3 cm³/mol. The van der Waals surface area contributed by atoms with E-state index in [0.717, 1.165) is 24.2 Å². The van der Waals surface area contributed by atoms with Crippen molar-refractivity contribution in [1.82, 2.24) is 10.3 Å². The van der Waals surface area contributed by atoms with Gasteiger partial charge in [0.1, 0.15) is 5.75 Å². The topological polar surface area (TPSA) is 57.3 Å². The van der Waals surface area contributed by atoms with Gasteiger partial charge in [0.2, 0.25) is 0 Å². The molecule has 4 nitrogen and oxygen atoms in total. The Hall–Kier alpha value is -1.52. The minimum absolute atomic E-state index is 0.160. The number of benzene rings is 1. The molecule has 3 N–H and O–H groups in total. The van der Waals surface area contributed by atoms with E-state index in [4.69, 9.17) is 4.74 Å². The molecule has 0 aliphatic carbocycles. The molecule has 0 bridgehead atoms. The van der Waals surface area contributed by atoms with E-state index in [1.807, 2.05) is 12.1 Å². The fourth-order valence-corrected chi connectivity index (χ4v) is 2.49. The van der Waals surface area contributed by atoms with Gasteiger partial charge in [0, 0.05) is 29.2 Å². The molecular weight excluding hydrogens is 216 g/mol. The predicted octanol–water partition coefficient (Wildman–Crippen LogP) is 1.18. The van der Waals surface area contributed by atoms with Crippen LogP contribution in [0.3, 0.4) is 0 Å². The Morgan fingerprint density at radius 2 is 2.35 bits per heavy atom. The van der Waals surface area contributed by atoms with Crippen LogP contribution in [0.2, 0.25) is 0 Å². The van der Waals surface area contributed by atoms with E-state index in [9.17, 15) is 5.11 Å². The molecule has 1 aliphatic heterocycles. The van der Waals surface area contributed by atoms with E-state index in [1.54, 1.807) is 7.11 Å². The molecule has 90 valence electrons. The second kappa shape index (κ2) is 4.05. The van der Waals surface area contributed by atoms with Crippen molar-refractivity contribution in [2.75, 3.05) is 13.7 Å². The minimum Gasteiger partial charge on any atom is -0.497 e. The molecule has 1 atom stereocenters. The molecular formula is C13H16N2O2. The lowest BCUT2D eigenvalue weighted by atomic mass is 9.99. The highest BCUT2D eigenvalue weighted by Crippen LogP contribution is 2.29. The zero-order valence-electron chi connectivity index (χ0n) is 9.79. The van der Waals surface area contributed by atoms with Crippen LogP contribution in [-0.2, 0) is 13.0 Å². The van der Waals surface area contributed by atoms with Crippen LogP contribution >= 0.6 is 0 Å². The van der Waals surface area contributed by atoms with Gasteiger partial charge < -0.3 is 20.1 Å². The molecule has 2 heterocycles. The van der Waals surface area contributed by atoms with E-state index in [1.165, 1.54) is 16.6 Å². The molecule has 17 heavy (non-hydrogen) atoms. The van der Waals surface area contributed by atoms with Crippen molar-refractivity contribution in [3.8, 4) is 5.75 Å². The number of ether oxygens (including phenoxy) is 1. The second-order valence-corrected chi connectivity index (χ2v) is 4.46. The lowest BCUT2D eigenvalue weighted by Crippen LogP contribution is -2.37.